The van der Waals surface area contributed by atoms with Gasteiger partial charge in [-0.1, -0.05) is 74.8 Å². The summed E-state index contributed by atoms with van der Waals surface area (Å²) in [5.74, 6) is -1.22. The summed E-state index contributed by atoms with van der Waals surface area (Å²) in [6.45, 7) is 19.8. The second-order valence-electron chi connectivity index (χ2n) is 13.9. The van der Waals surface area contributed by atoms with Gasteiger partial charge < -0.3 is 35.0 Å². The number of aryl methyl sites for hydroxylation is 2. The standard InChI is InChI=1S/C21H28O4.C11H14O4.C10H16O/c1-6-7-14-11-17(22)19(20(23)18(14)21(24)25-5)16-10-13(4)8-9-15(16)12(2)3;1-3-4-7-5-8(12)6-9(13)10(7)11(14)15-2;1-8(2)9-4-6-10(3,11)7-5-9/h10-11,15-16,22-23H,2,6-9H2,1,3-5H3;5-6,12-13H,3-4H2,1-2H3;4,6,9,11H,1,5,7H2,2-3H3/t15-,16?;;9-,10+/m1.1/s1. The Morgan fingerprint density at radius 3 is 1.92 bits per heavy atom. The van der Waals surface area contributed by atoms with Gasteiger partial charge in [0.05, 0.1) is 19.8 Å². The molecule has 0 fully saturated rings. The van der Waals surface area contributed by atoms with E-state index < -0.39 is 17.5 Å². The lowest BCUT2D eigenvalue weighted by Gasteiger charge is -2.32. The third-order valence-corrected chi connectivity index (χ3v) is 9.40. The van der Waals surface area contributed by atoms with Crippen LogP contribution in [0.4, 0.5) is 0 Å². The van der Waals surface area contributed by atoms with Crippen LogP contribution in [-0.4, -0.2) is 57.3 Å². The molecular formula is C42H58O9. The van der Waals surface area contributed by atoms with E-state index in [-0.39, 0.29) is 46.0 Å². The van der Waals surface area contributed by atoms with Crippen molar-refractivity contribution in [1.29, 1.82) is 0 Å². The van der Waals surface area contributed by atoms with E-state index in [9.17, 15) is 35.1 Å². The summed E-state index contributed by atoms with van der Waals surface area (Å²) in [5.41, 5.74) is 4.73. The number of aromatic hydroxyl groups is 4. The maximum atomic E-state index is 12.3. The fourth-order valence-electron chi connectivity index (χ4n) is 6.59. The van der Waals surface area contributed by atoms with Crippen molar-refractivity contribution in [3.63, 3.8) is 0 Å². The highest BCUT2D eigenvalue weighted by Crippen LogP contribution is 2.48. The number of hydrogen-bond acceptors (Lipinski definition) is 9. The maximum absolute atomic E-state index is 12.3. The molecule has 4 rings (SSSR count). The van der Waals surface area contributed by atoms with Crippen molar-refractivity contribution in [3.8, 4) is 23.0 Å². The normalized spacial score (nSPS) is 20.8. The van der Waals surface area contributed by atoms with Gasteiger partial charge in [0, 0.05) is 17.5 Å². The summed E-state index contributed by atoms with van der Waals surface area (Å²) in [4.78, 5) is 23.6. The van der Waals surface area contributed by atoms with Gasteiger partial charge in [-0.2, -0.15) is 0 Å². The van der Waals surface area contributed by atoms with Gasteiger partial charge in [-0.3, -0.25) is 0 Å². The van der Waals surface area contributed by atoms with E-state index in [1.54, 1.807) is 6.07 Å². The molecule has 280 valence electrons. The first kappa shape index (κ1) is 42.7. The molecule has 0 aliphatic heterocycles. The lowest BCUT2D eigenvalue weighted by Crippen LogP contribution is -2.25. The monoisotopic (exact) mass is 706 g/mol. The van der Waals surface area contributed by atoms with Gasteiger partial charge in [-0.25, -0.2) is 9.59 Å². The van der Waals surface area contributed by atoms with Crippen LogP contribution in [0.5, 0.6) is 23.0 Å². The number of rotatable bonds is 9. The van der Waals surface area contributed by atoms with Gasteiger partial charge in [0.2, 0.25) is 0 Å². The Bertz CT molecular complexity index is 1630. The molecule has 2 aliphatic rings. The van der Waals surface area contributed by atoms with Crippen LogP contribution in [0.25, 0.3) is 0 Å². The highest BCUT2D eigenvalue weighted by molar-refractivity contribution is 5.95. The third-order valence-electron chi connectivity index (χ3n) is 9.40. The second-order valence-corrected chi connectivity index (χ2v) is 13.9. The molecule has 1 unspecified atom stereocenters. The Labute approximate surface area is 303 Å². The molecule has 0 heterocycles. The first-order valence-corrected chi connectivity index (χ1v) is 17.6. The molecule has 2 aromatic rings. The zero-order valence-electron chi connectivity index (χ0n) is 31.6. The molecule has 0 saturated carbocycles. The van der Waals surface area contributed by atoms with Crippen molar-refractivity contribution in [2.45, 2.75) is 104 Å². The number of benzene rings is 2. The van der Waals surface area contributed by atoms with Gasteiger partial charge in [-0.15, -0.1) is 0 Å². The zero-order valence-corrected chi connectivity index (χ0v) is 31.6. The molecule has 0 saturated heterocycles. The Morgan fingerprint density at radius 1 is 0.863 bits per heavy atom. The van der Waals surface area contributed by atoms with E-state index in [0.717, 1.165) is 50.2 Å². The van der Waals surface area contributed by atoms with Gasteiger partial charge >= 0.3 is 11.9 Å². The molecule has 0 spiro atoms. The highest BCUT2D eigenvalue weighted by Gasteiger charge is 2.33. The second kappa shape index (κ2) is 19.2. The first-order chi connectivity index (χ1) is 23.9. The molecule has 4 atom stereocenters. The van der Waals surface area contributed by atoms with Crippen LogP contribution >= 0.6 is 0 Å². The summed E-state index contributed by atoms with van der Waals surface area (Å²) in [7, 11) is 2.55. The number of carbonyl (C=O) groups is 2. The molecule has 9 nitrogen and oxygen atoms in total. The molecule has 51 heavy (non-hydrogen) atoms. The van der Waals surface area contributed by atoms with Crippen LogP contribution < -0.4 is 0 Å². The number of phenols is 4. The van der Waals surface area contributed by atoms with Crippen LogP contribution in [0.3, 0.4) is 0 Å². The quantitative estimate of drug-likeness (QED) is 0.127. The zero-order chi connectivity index (χ0) is 38.6. The van der Waals surface area contributed by atoms with E-state index in [1.165, 1.54) is 31.4 Å². The molecule has 2 aromatic carbocycles. The molecule has 0 aromatic heterocycles. The Morgan fingerprint density at radius 2 is 1.43 bits per heavy atom. The number of hydrogen-bond donors (Lipinski definition) is 5. The Kier molecular flexibility index (Phi) is 16.1. The Hall–Kier alpha value is -4.50. The summed E-state index contributed by atoms with van der Waals surface area (Å²) in [5, 5.41) is 49.9. The van der Waals surface area contributed by atoms with Crippen molar-refractivity contribution in [2.75, 3.05) is 14.2 Å². The number of aliphatic hydroxyl groups is 1. The fraction of sp³-hybridized carbons (Fsp3) is 0.476. The molecule has 0 amide bonds. The molecule has 2 aliphatic carbocycles. The van der Waals surface area contributed by atoms with Crippen LogP contribution in [0.1, 0.15) is 123 Å². The minimum Gasteiger partial charge on any atom is -0.508 e. The summed E-state index contributed by atoms with van der Waals surface area (Å²) >= 11 is 0. The van der Waals surface area contributed by atoms with E-state index in [0.29, 0.717) is 35.4 Å². The SMILES string of the molecule is C=C(C)[C@@H]1C=C[C@](C)(O)CC1.C=C(C)[C@H]1CCC(C)=CC1c1c(O)cc(CCC)c(C(=O)OC)c1O.CCCc1cc(O)cc(O)c1C(=O)OC. The highest BCUT2D eigenvalue weighted by atomic mass is 16.5. The summed E-state index contributed by atoms with van der Waals surface area (Å²) in [6.07, 6.45) is 12.5. The average Bonchev–Trinajstić information content (AvgIpc) is 3.04. The molecule has 0 bridgehead atoms. The van der Waals surface area contributed by atoms with Crippen molar-refractivity contribution >= 4 is 11.9 Å². The Balaban J connectivity index is 0.000000293. The molecule has 0 radical (unpaired) electrons. The largest absolute Gasteiger partial charge is 0.508 e. The topological polar surface area (TPSA) is 154 Å². The lowest BCUT2D eigenvalue weighted by molar-refractivity contribution is 0.0586. The van der Waals surface area contributed by atoms with Crippen molar-refractivity contribution in [1.82, 2.24) is 0 Å². The molecule has 9 heteroatoms. The van der Waals surface area contributed by atoms with E-state index >= 15 is 0 Å². The van der Waals surface area contributed by atoms with Crippen LogP contribution in [0.15, 0.2) is 66.3 Å². The smallest absolute Gasteiger partial charge is 0.341 e. The number of phenolic OH excluding ortho intramolecular Hbond substituents is 4. The summed E-state index contributed by atoms with van der Waals surface area (Å²) in [6, 6.07) is 4.19. The van der Waals surface area contributed by atoms with E-state index in [4.69, 9.17) is 4.74 Å². The predicted molar refractivity (Wildman–Crippen MR) is 202 cm³/mol. The van der Waals surface area contributed by atoms with Gasteiger partial charge in [0.1, 0.15) is 34.1 Å². The fourth-order valence-corrected chi connectivity index (χ4v) is 6.59. The van der Waals surface area contributed by atoms with Gasteiger partial charge in [-0.05, 0) is 101 Å². The molecular weight excluding hydrogens is 648 g/mol. The predicted octanol–water partition coefficient (Wildman–Crippen LogP) is 8.97. The maximum Gasteiger partial charge on any atom is 0.341 e. The number of allylic oxidation sites excluding steroid dienone is 5. The minimum absolute atomic E-state index is 0.0239. The third kappa shape index (κ3) is 11.5. The number of ether oxygens (including phenoxy) is 2. The van der Waals surface area contributed by atoms with Crippen molar-refractivity contribution in [2.24, 2.45) is 11.8 Å². The lowest BCUT2D eigenvalue weighted by atomic mass is 9.73. The number of esters is 2. The van der Waals surface area contributed by atoms with Crippen LogP contribution in [-0.2, 0) is 22.3 Å². The van der Waals surface area contributed by atoms with E-state index in [1.807, 2.05) is 47.6 Å². The van der Waals surface area contributed by atoms with Crippen LogP contribution in [0, 0.1) is 11.8 Å². The van der Waals surface area contributed by atoms with E-state index in [2.05, 4.69) is 30.0 Å². The molecule has 5 N–H and O–H groups in total. The number of methoxy groups -OCH3 is 2. The van der Waals surface area contributed by atoms with Crippen LogP contribution in [0.2, 0.25) is 0 Å². The van der Waals surface area contributed by atoms with Crippen molar-refractivity contribution < 1.29 is 44.6 Å². The van der Waals surface area contributed by atoms with Gasteiger partial charge in [0.25, 0.3) is 0 Å². The van der Waals surface area contributed by atoms with Crippen molar-refractivity contribution in [3.05, 3.63) is 94.1 Å². The van der Waals surface area contributed by atoms with Gasteiger partial charge in [0.15, 0.2) is 0 Å². The number of carbonyl (C=O) groups excluding carboxylic acids is 2. The minimum atomic E-state index is -0.587. The average molecular weight is 707 g/mol. The first-order valence-electron chi connectivity index (χ1n) is 17.6. The summed E-state index contributed by atoms with van der Waals surface area (Å²) < 4.78 is 9.43.